The number of thiazole rings is 1. The highest BCUT2D eigenvalue weighted by Gasteiger charge is 2.38. The molecule has 6 heteroatoms. The van der Waals surface area contributed by atoms with Crippen LogP contribution in [0.5, 0.6) is 0 Å². The molecule has 1 fully saturated rings. The minimum Gasteiger partial charge on any atom is -0.381 e. The summed E-state index contributed by atoms with van der Waals surface area (Å²) in [5.41, 5.74) is 6.46. The van der Waals surface area contributed by atoms with E-state index in [0.29, 0.717) is 32.6 Å². The summed E-state index contributed by atoms with van der Waals surface area (Å²) in [5.74, 6) is 0.560. The smallest absolute Gasteiger partial charge is 0.225 e. The van der Waals surface area contributed by atoms with Gasteiger partial charge in [-0.05, 0) is 38.0 Å². The van der Waals surface area contributed by atoms with Crippen LogP contribution in [0.4, 0.5) is 0 Å². The first kappa shape index (κ1) is 15.9. The van der Waals surface area contributed by atoms with Gasteiger partial charge in [0, 0.05) is 31.2 Å². The molecule has 3 N–H and O–H groups in total. The van der Waals surface area contributed by atoms with Crippen molar-refractivity contribution in [2.24, 2.45) is 17.1 Å². The van der Waals surface area contributed by atoms with Gasteiger partial charge in [-0.1, -0.05) is 6.92 Å². The van der Waals surface area contributed by atoms with Crippen molar-refractivity contribution < 1.29 is 9.53 Å². The molecule has 5 nitrogen and oxygen atoms in total. The first-order chi connectivity index (χ1) is 10.6. The van der Waals surface area contributed by atoms with E-state index in [9.17, 15) is 4.79 Å². The molecule has 1 saturated heterocycles. The van der Waals surface area contributed by atoms with Crippen molar-refractivity contribution in [2.45, 2.75) is 45.6 Å². The highest BCUT2D eigenvalue weighted by atomic mass is 32.1. The molecule has 2 aliphatic rings. The van der Waals surface area contributed by atoms with Crippen LogP contribution in [0.15, 0.2) is 0 Å². The van der Waals surface area contributed by atoms with Gasteiger partial charge in [-0.2, -0.15) is 0 Å². The minimum absolute atomic E-state index is 0.212. The quantitative estimate of drug-likeness (QED) is 0.863. The molecule has 1 amide bonds. The highest BCUT2D eigenvalue weighted by Crippen LogP contribution is 2.31. The lowest BCUT2D eigenvalue weighted by Crippen LogP contribution is -2.48. The lowest BCUT2D eigenvalue weighted by molar-refractivity contribution is -0.132. The Balaban J connectivity index is 1.57. The molecule has 0 bridgehead atoms. The average Bonchev–Trinajstić information content (AvgIpc) is 2.90. The molecule has 0 radical (unpaired) electrons. The normalized spacial score (nSPS) is 24.0. The molecule has 1 aromatic heterocycles. The van der Waals surface area contributed by atoms with Gasteiger partial charge < -0.3 is 15.8 Å². The van der Waals surface area contributed by atoms with Crippen LogP contribution in [-0.4, -0.2) is 30.6 Å². The van der Waals surface area contributed by atoms with E-state index >= 15 is 0 Å². The maximum absolute atomic E-state index is 11.8. The Morgan fingerprint density at radius 3 is 3.00 bits per heavy atom. The number of carbonyl (C=O) groups is 1. The number of nitrogens with one attached hydrogen (secondary N) is 1. The SMILES string of the molecule is C[C@@H]1CCc2nc(CNCC3(C(N)=O)CCOCC3)sc2C1. The summed E-state index contributed by atoms with van der Waals surface area (Å²) in [7, 11) is 0. The number of hydrogen-bond donors (Lipinski definition) is 2. The summed E-state index contributed by atoms with van der Waals surface area (Å²) in [5, 5.41) is 4.54. The molecule has 22 heavy (non-hydrogen) atoms. The van der Waals surface area contributed by atoms with Crippen molar-refractivity contribution in [3.63, 3.8) is 0 Å². The minimum atomic E-state index is -0.455. The van der Waals surface area contributed by atoms with Crippen LogP contribution >= 0.6 is 11.3 Å². The Morgan fingerprint density at radius 1 is 1.50 bits per heavy atom. The number of carbonyl (C=O) groups excluding carboxylic acids is 1. The summed E-state index contributed by atoms with van der Waals surface area (Å²) >= 11 is 1.82. The van der Waals surface area contributed by atoms with E-state index in [0.717, 1.165) is 30.3 Å². The van der Waals surface area contributed by atoms with E-state index in [4.69, 9.17) is 15.5 Å². The lowest BCUT2D eigenvalue weighted by atomic mass is 9.79. The molecule has 1 aliphatic heterocycles. The Bertz CT molecular complexity index is 537. The van der Waals surface area contributed by atoms with E-state index in [1.165, 1.54) is 17.0 Å². The number of aryl methyl sites for hydroxylation is 1. The number of primary amides is 1. The number of nitrogens with zero attached hydrogens (tertiary/aromatic N) is 1. The zero-order valence-electron chi connectivity index (χ0n) is 13.2. The van der Waals surface area contributed by atoms with Gasteiger partial charge in [-0.25, -0.2) is 4.98 Å². The third-order valence-electron chi connectivity index (χ3n) is 4.94. The predicted octanol–water partition coefficient (Wildman–Crippen LogP) is 1.64. The maximum atomic E-state index is 11.8. The van der Waals surface area contributed by atoms with Crippen LogP contribution in [0, 0.1) is 11.3 Å². The first-order valence-corrected chi connectivity index (χ1v) is 8.96. The largest absolute Gasteiger partial charge is 0.381 e. The van der Waals surface area contributed by atoms with Gasteiger partial charge in [-0.15, -0.1) is 11.3 Å². The topological polar surface area (TPSA) is 77.2 Å². The second-order valence-electron chi connectivity index (χ2n) is 6.69. The van der Waals surface area contributed by atoms with Crippen LogP contribution in [0.2, 0.25) is 0 Å². The van der Waals surface area contributed by atoms with Gasteiger partial charge in [-0.3, -0.25) is 4.79 Å². The Morgan fingerprint density at radius 2 is 2.27 bits per heavy atom. The Labute approximate surface area is 135 Å². The van der Waals surface area contributed by atoms with E-state index in [1.807, 2.05) is 11.3 Å². The van der Waals surface area contributed by atoms with E-state index in [-0.39, 0.29) is 5.91 Å². The third kappa shape index (κ3) is 3.34. The first-order valence-electron chi connectivity index (χ1n) is 8.15. The van der Waals surface area contributed by atoms with Crippen LogP contribution in [0.1, 0.15) is 41.8 Å². The summed E-state index contributed by atoms with van der Waals surface area (Å²) in [4.78, 5) is 18.0. The van der Waals surface area contributed by atoms with Gasteiger partial charge >= 0.3 is 0 Å². The zero-order chi connectivity index (χ0) is 15.6. The fourth-order valence-corrected chi connectivity index (χ4v) is 4.60. The molecule has 1 atom stereocenters. The van der Waals surface area contributed by atoms with Crippen molar-refractivity contribution in [2.75, 3.05) is 19.8 Å². The average molecular weight is 323 g/mol. The molecule has 0 aromatic carbocycles. The predicted molar refractivity (Wildman–Crippen MR) is 86.7 cm³/mol. The van der Waals surface area contributed by atoms with Crippen LogP contribution in [0.25, 0.3) is 0 Å². The maximum Gasteiger partial charge on any atom is 0.225 e. The van der Waals surface area contributed by atoms with Gasteiger partial charge in [0.05, 0.1) is 11.1 Å². The summed E-state index contributed by atoms with van der Waals surface area (Å²) < 4.78 is 5.36. The van der Waals surface area contributed by atoms with Crippen molar-refractivity contribution in [3.8, 4) is 0 Å². The van der Waals surface area contributed by atoms with Crippen molar-refractivity contribution >= 4 is 17.2 Å². The van der Waals surface area contributed by atoms with Crippen LogP contribution in [0.3, 0.4) is 0 Å². The number of rotatable bonds is 5. The van der Waals surface area contributed by atoms with Crippen molar-refractivity contribution in [1.29, 1.82) is 0 Å². The van der Waals surface area contributed by atoms with E-state index < -0.39 is 5.41 Å². The molecule has 0 saturated carbocycles. The number of hydrogen-bond acceptors (Lipinski definition) is 5. The molecular formula is C16H25N3O2S. The molecule has 3 rings (SSSR count). The van der Waals surface area contributed by atoms with Gasteiger partial charge in [0.1, 0.15) is 5.01 Å². The molecule has 122 valence electrons. The van der Waals surface area contributed by atoms with E-state index in [1.54, 1.807) is 0 Å². The van der Waals surface area contributed by atoms with Crippen LogP contribution in [-0.2, 0) is 28.9 Å². The third-order valence-corrected chi connectivity index (χ3v) is 6.06. The number of nitrogens with two attached hydrogens (primary N) is 1. The fraction of sp³-hybridized carbons (Fsp3) is 0.750. The lowest BCUT2D eigenvalue weighted by Gasteiger charge is -2.34. The second kappa shape index (κ2) is 6.64. The number of ether oxygens (including phenoxy) is 1. The number of amides is 1. The van der Waals surface area contributed by atoms with Crippen LogP contribution < -0.4 is 11.1 Å². The number of aromatic nitrogens is 1. The molecule has 0 unspecified atom stereocenters. The standard InChI is InChI=1S/C16H25N3O2S/c1-11-2-3-12-13(8-11)22-14(19-12)9-18-10-16(15(17)20)4-6-21-7-5-16/h11,18H,2-10H2,1H3,(H2,17,20)/t11-/m1/s1. The summed E-state index contributed by atoms with van der Waals surface area (Å²) in [6, 6.07) is 0. The molecule has 0 spiro atoms. The van der Waals surface area contributed by atoms with Crippen molar-refractivity contribution in [1.82, 2.24) is 10.3 Å². The summed E-state index contributed by atoms with van der Waals surface area (Å²) in [6.07, 6.45) is 4.93. The molecule has 1 aliphatic carbocycles. The number of fused-ring (bicyclic) bond motifs is 1. The monoisotopic (exact) mass is 323 g/mol. The molecular weight excluding hydrogens is 298 g/mol. The second-order valence-corrected chi connectivity index (χ2v) is 7.85. The zero-order valence-corrected chi connectivity index (χ0v) is 14.0. The fourth-order valence-electron chi connectivity index (χ4n) is 3.35. The van der Waals surface area contributed by atoms with Gasteiger partial charge in [0.15, 0.2) is 0 Å². The highest BCUT2D eigenvalue weighted by molar-refractivity contribution is 7.11. The Hall–Kier alpha value is -0.980. The summed E-state index contributed by atoms with van der Waals surface area (Å²) in [6.45, 7) is 4.89. The molecule has 2 heterocycles. The van der Waals surface area contributed by atoms with Crippen molar-refractivity contribution in [3.05, 3.63) is 15.6 Å². The van der Waals surface area contributed by atoms with Gasteiger partial charge in [0.25, 0.3) is 0 Å². The molecule has 1 aromatic rings. The Kier molecular flexibility index (Phi) is 4.80. The van der Waals surface area contributed by atoms with Gasteiger partial charge in [0.2, 0.25) is 5.91 Å². The van der Waals surface area contributed by atoms with E-state index in [2.05, 4.69) is 12.2 Å².